The first kappa shape index (κ1) is 17.2. The van der Waals surface area contributed by atoms with Crippen molar-refractivity contribution in [2.24, 2.45) is 21.6 Å². The van der Waals surface area contributed by atoms with Crippen LogP contribution in [0.15, 0.2) is 32.9 Å². The molecule has 1 amide bonds. The Morgan fingerprint density at radius 3 is 2.96 bits per heavy atom. The molecule has 0 radical (unpaired) electrons. The standard InChI is InChI=1S/C14H18BrN5O3/c15-9-7-14(4-3-11(9)21)8-10(20-23-14)12(22)18-5-1-2-6-19-13(16)17/h3-4,7H,1-2,5-6,8H2,(H,18,22)(H4,16,17,19). The number of nitrogens with two attached hydrogens (primary N) is 2. The van der Waals surface area contributed by atoms with E-state index in [2.05, 4.69) is 31.4 Å². The van der Waals surface area contributed by atoms with Crippen LogP contribution in [0.4, 0.5) is 0 Å². The fourth-order valence-electron chi connectivity index (χ4n) is 2.13. The van der Waals surface area contributed by atoms with Gasteiger partial charge in [0.25, 0.3) is 5.91 Å². The summed E-state index contributed by atoms with van der Waals surface area (Å²) in [7, 11) is 0. The number of oxime groups is 1. The van der Waals surface area contributed by atoms with Gasteiger partial charge in [-0.05, 0) is 47.0 Å². The number of rotatable bonds is 6. The van der Waals surface area contributed by atoms with Crippen LogP contribution in [0.3, 0.4) is 0 Å². The van der Waals surface area contributed by atoms with Crippen LogP contribution in [0.1, 0.15) is 19.3 Å². The van der Waals surface area contributed by atoms with Gasteiger partial charge in [-0.2, -0.15) is 0 Å². The Kier molecular flexibility index (Phi) is 5.54. The highest BCUT2D eigenvalue weighted by atomic mass is 79.9. The molecule has 1 atom stereocenters. The Labute approximate surface area is 141 Å². The molecule has 1 heterocycles. The van der Waals surface area contributed by atoms with Crippen molar-refractivity contribution < 1.29 is 14.4 Å². The van der Waals surface area contributed by atoms with Crippen molar-refractivity contribution >= 4 is 39.3 Å². The van der Waals surface area contributed by atoms with Crippen LogP contribution < -0.4 is 16.8 Å². The molecule has 2 rings (SSSR count). The first-order valence-electron chi connectivity index (χ1n) is 7.12. The second-order valence-electron chi connectivity index (χ2n) is 5.22. The number of nitrogens with one attached hydrogen (secondary N) is 1. The van der Waals surface area contributed by atoms with Crippen LogP contribution in [0.25, 0.3) is 0 Å². The predicted molar refractivity (Wildman–Crippen MR) is 89.9 cm³/mol. The monoisotopic (exact) mass is 383 g/mol. The van der Waals surface area contributed by atoms with E-state index in [1.54, 1.807) is 12.2 Å². The number of nitrogens with zero attached hydrogens (tertiary/aromatic N) is 2. The molecule has 0 aromatic carbocycles. The molecule has 0 aromatic heterocycles. The minimum atomic E-state index is -0.854. The van der Waals surface area contributed by atoms with Crippen LogP contribution >= 0.6 is 15.9 Å². The molecular formula is C14H18BrN5O3. The van der Waals surface area contributed by atoms with Crippen molar-refractivity contribution in [1.82, 2.24) is 5.32 Å². The lowest BCUT2D eigenvalue weighted by Gasteiger charge is -2.21. The zero-order valence-corrected chi connectivity index (χ0v) is 14.0. The van der Waals surface area contributed by atoms with Crippen molar-refractivity contribution in [3.63, 3.8) is 0 Å². The van der Waals surface area contributed by atoms with E-state index in [-0.39, 0.29) is 24.1 Å². The molecule has 124 valence electrons. The van der Waals surface area contributed by atoms with E-state index in [9.17, 15) is 9.59 Å². The highest BCUT2D eigenvalue weighted by molar-refractivity contribution is 9.12. The molecule has 23 heavy (non-hydrogen) atoms. The number of carbonyl (C=O) groups excluding carboxylic acids is 2. The number of aliphatic imine (C=N–C) groups is 1. The third-order valence-corrected chi connectivity index (χ3v) is 3.94. The number of hydrogen-bond donors (Lipinski definition) is 3. The molecular weight excluding hydrogens is 366 g/mol. The molecule has 1 spiro atoms. The molecule has 0 saturated carbocycles. The van der Waals surface area contributed by atoms with E-state index in [1.807, 2.05) is 0 Å². The zero-order chi connectivity index (χ0) is 16.9. The molecule has 9 heteroatoms. The summed E-state index contributed by atoms with van der Waals surface area (Å²) in [6.07, 6.45) is 6.44. The van der Waals surface area contributed by atoms with Gasteiger partial charge in [-0.1, -0.05) is 5.16 Å². The maximum Gasteiger partial charge on any atom is 0.269 e. The molecule has 0 saturated heterocycles. The van der Waals surface area contributed by atoms with Crippen molar-refractivity contribution in [1.29, 1.82) is 0 Å². The Morgan fingerprint density at radius 1 is 1.48 bits per heavy atom. The number of hydrogen-bond acceptors (Lipinski definition) is 5. The van der Waals surface area contributed by atoms with E-state index >= 15 is 0 Å². The minimum absolute atomic E-state index is 0.0648. The number of guanidine groups is 1. The Bertz CT molecular complexity index is 622. The van der Waals surface area contributed by atoms with Gasteiger partial charge in [0.2, 0.25) is 0 Å². The van der Waals surface area contributed by atoms with E-state index in [0.717, 1.165) is 12.8 Å². The summed E-state index contributed by atoms with van der Waals surface area (Å²) < 4.78 is 0.400. The van der Waals surface area contributed by atoms with Gasteiger partial charge >= 0.3 is 0 Å². The normalized spacial score (nSPS) is 22.4. The highest BCUT2D eigenvalue weighted by Crippen LogP contribution is 2.33. The van der Waals surface area contributed by atoms with Crippen molar-refractivity contribution in [2.75, 3.05) is 13.1 Å². The number of allylic oxidation sites excluding steroid dienone is 2. The number of carbonyl (C=O) groups is 2. The summed E-state index contributed by atoms with van der Waals surface area (Å²) in [5, 5.41) is 6.60. The smallest absolute Gasteiger partial charge is 0.269 e. The lowest BCUT2D eigenvalue weighted by molar-refractivity contribution is -0.115. The summed E-state index contributed by atoms with van der Waals surface area (Å²) in [6, 6.07) is 0. The lowest BCUT2D eigenvalue weighted by atomic mass is 9.92. The molecule has 1 aliphatic carbocycles. The van der Waals surface area contributed by atoms with Crippen molar-refractivity contribution in [2.45, 2.75) is 24.9 Å². The van der Waals surface area contributed by atoms with Crippen LogP contribution in [0.5, 0.6) is 0 Å². The molecule has 5 N–H and O–H groups in total. The highest BCUT2D eigenvalue weighted by Gasteiger charge is 2.40. The minimum Gasteiger partial charge on any atom is -0.380 e. The van der Waals surface area contributed by atoms with Gasteiger partial charge < -0.3 is 21.6 Å². The van der Waals surface area contributed by atoms with E-state index in [0.29, 0.717) is 23.3 Å². The van der Waals surface area contributed by atoms with Crippen LogP contribution in [-0.2, 0) is 14.4 Å². The number of halogens is 1. The Hall–Kier alpha value is -2.16. The topological polar surface area (TPSA) is 132 Å². The van der Waals surface area contributed by atoms with Gasteiger partial charge in [0.05, 0.1) is 4.48 Å². The first-order chi connectivity index (χ1) is 10.9. The molecule has 1 aliphatic heterocycles. The maximum absolute atomic E-state index is 12.0. The van der Waals surface area contributed by atoms with Crippen molar-refractivity contribution in [3.8, 4) is 0 Å². The maximum atomic E-state index is 12.0. The third kappa shape index (κ3) is 4.65. The molecule has 0 bridgehead atoms. The van der Waals surface area contributed by atoms with Gasteiger partial charge in [-0.25, -0.2) is 0 Å². The van der Waals surface area contributed by atoms with Crippen LogP contribution in [-0.4, -0.2) is 42.1 Å². The predicted octanol–water partition coefficient (Wildman–Crippen LogP) is 0.0890. The largest absolute Gasteiger partial charge is 0.380 e. The Balaban J connectivity index is 1.76. The second-order valence-corrected chi connectivity index (χ2v) is 6.07. The van der Waals surface area contributed by atoms with E-state index in [4.69, 9.17) is 16.3 Å². The lowest BCUT2D eigenvalue weighted by Crippen LogP contribution is -2.34. The van der Waals surface area contributed by atoms with Gasteiger partial charge in [-0.3, -0.25) is 14.6 Å². The molecule has 1 unspecified atom stereocenters. The number of unbranched alkanes of at least 4 members (excludes halogenated alkanes) is 1. The summed E-state index contributed by atoms with van der Waals surface area (Å²) >= 11 is 3.17. The molecule has 0 aromatic rings. The quantitative estimate of drug-likeness (QED) is 0.339. The summed E-state index contributed by atoms with van der Waals surface area (Å²) in [4.78, 5) is 32.7. The van der Waals surface area contributed by atoms with Gasteiger partial charge in [0.15, 0.2) is 17.3 Å². The molecule has 2 aliphatic rings. The van der Waals surface area contributed by atoms with Crippen LogP contribution in [0.2, 0.25) is 0 Å². The molecule has 8 nitrogen and oxygen atoms in total. The van der Waals surface area contributed by atoms with Gasteiger partial charge in [-0.15, -0.1) is 0 Å². The first-order valence-corrected chi connectivity index (χ1v) is 7.92. The number of amides is 1. The summed E-state index contributed by atoms with van der Waals surface area (Å²) in [5.74, 6) is -0.355. The van der Waals surface area contributed by atoms with E-state index in [1.165, 1.54) is 6.08 Å². The zero-order valence-electron chi connectivity index (χ0n) is 12.4. The summed E-state index contributed by atoms with van der Waals surface area (Å²) in [6.45, 7) is 1.03. The van der Waals surface area contributed by atoms with Gasteiger partial charge in [0, 0.05) is 19.5 Å². The number of ketones is 1. The van der Waals surface area contributed by atoms with Crippen molar-refractivity contribution in [3.05, 3.63) is 22.7 Å². The fraction of sp³-hybridized carbons (Fsp3) is 0.429. The summed E-state index contributed by atoms with van der Waals surface area (Å²) in [5.41, 5.74) is 9.88. The van der Waals surface area contributed by atoms with Gasteiger partial charge in [0.1, 0.15) is 5.71 Å². The average Bonchev–Trinajstić information content (AvgIpc) is 2.90. The second kappa shape index (κ2) is 7.40. The third-order valence-electron chi connectivity index (χ3n) is 3.32. The Morgan fingerprint density at radius 2 is 2.26 bits per heavy atom. The SMILES string of the molecule is NC(N)=NCCCCNC(=O)C1=NOC2(C=CC(=O)C(Br)=C2)C1. The fourth-order valence-corrected chi connectivity index (χ4v) is 2.65. The average molecular weight is 384 g/mol. The van der Waals surface area contributed by atoms with Crippen LogP contribution in [0, 0.1) is 0 Å². The van der Waals surface area contributed by atoms with E-state index < -0.39 is 5.60 Å². The molecule has 0 fully saturated rings.